The molecule has 0 amide bonds. The van der Waals surface area contributed by atoms with Crippen LogP contribution in [-0.4, -0.2) is 16.5 Å². The van der Waals surface area contributed by atoms with Gasteiger partial charge in [0.1, 0.15) is 5.82 Å². The average molecular weight is 281 g/mol. The van der Waals surface area contributed by atoms with Crippen molar-refractivity contribution in [3.05, 3.63) is 40.8 Å². The van der Waals surface area contributed by atoms with E-state index >= 15 is 0 Å². The summed E-state index contributed by atoms with van der Waals surface area (Å²) in [6.45, 7) is 6.19. The first-order valence-corrected chi connectivity index (χ1v) is 6.18. The summed E-state index contributed by atoms with van der Waals surface area (Å²) >= 11 is 0. The zero-order chi connectivity index (χ0) is 14.9. The molecule has 1 heterocycles. The van der Waals surface area contributed by atoms with E-state index < -0.39 is 17.5 Å². The molecule has 2 aromatic rings. The molecule has 0 fully saturated rings. The minimum atomic E-state index is -1.50. The predicted octanol–water partition coefficient (Wildman–Crippen LogP) is 3.61. The highest BCUT2D eigenvalue weighted by molar-refractivity contribution is 5.60. The number of rotatable bonds is 3. The molecule has 1 N–H and O–H groups in total. The van der Waals surface area contributed by atoms with E-state index in [0.717, 1.165) is 17.7 Å². The number of aryl methyl sites for hydroxylation is 1. The van der Waals surface area contributed by atoms with Gasteiger partial charge in [-0.1, -0.05) is 0 Å². The van der Waals surface area contributed by atoms with Gasteiger partial charge in [0, 0.05) is 23.4 Å². The van der Waals surface area contributed by atoms with Crippen molar-refractivity contribution >= 4 is 5.82 Å². The molecule has 2 rings (SSSR count). The molecule has 0 spiro atoms. The van der Waals surface area contributed by atoms with Crippen LogP contribution in [0.25, 0.3) is 11.4 Å². The first kappa shape index (κ1) is 14.3. The van der Waals surface area contributed by atoms with E-state index in [0.29, 0.717) is 18.1 Å². The Morgan fingerprint density at radius 2 is 1.65 bits per heavy atom. The number of halogens is 3. The maximum absolute atomic E-state index is 13.3. The average Bonchev–Trinajstić information content (AvgIpc) is 2.40. The quantitative estimate of drug-likeness (QED) is 0.873. The summed E-state index contributed by atoms with van der Waals surface area (Å²) in [4.78, 5) is 8.42. The van der Waals surface area contributed by atoms with Gasteiger partial charge in [-0.15, -0.1) is 0 Å². The Bertz CT molecular complexity index is 633. The van der Waals surface area contributed by atoms with Crippen LogP contribution in [0.3, 0.4) is 0 Å². The van der Waals surface area contributed by atoms with Crippen molar-refractivity contribution in [1.29, 1.82) is 0 Å². The second-order valence-electron chi connectivity index (χ2n) is 4.39. The van der Waals surface area contributed by atoms with Gasteiger partial charge in [-0.25, -0.2) is 23.1 Å². The van der Waals surface area contributed by atoms with Crippen molar-refractivity contribution in [3.63, 3.8) is 0 Å². The Hall–Kier alpha value is -2.11. The minimum absolute atomic E-state index is 0.101. The molecule has 106 valence electrons. The van der Waals surface area contributed by atoms with Crippen LogP contribution < -0.4 is 5.32 Å². The Morgan fingerprint density at radius 3 is 2.20 bits per heavy atom. The van der Waals surface area contributed by atoms with Crippen LogP contribution >= 0.6 is 0 Å². The van der Waals surface area contributed by atoms with Gasteiger partial charge in [0.2, 0.25) is 0 Å². The Morgan fingerprint density at radius 1 is 1.05 bits per heavy atom. The van der Waals surface area contributed by atoms with Gasteiger partial charge >= 0.3 is 0 Å². The maximum atomic E-state index is 13.3. The molecule has 1 aromatic carbocycles. The lowest BCUT2D eigenvalue weighted by Crippen LogP contribution is -2.06. The predicted molar refractivity (Wildman–Crippen MR) is 71.0 cm³/mol. The number of hydrogen-bond acceptors (Lipinski definition) is 3. The van der Waals surface area contributed by atoms with E-state index in [1.165, 1.54) is 0 Å². The van der Waals surface area contributed by atoms with Gasteiger partial charge in [-0.3, -0.25) is 0 Å². The second-order valence-corrected chi connectivity index (χ2v) is 4.39. The maximum Gasteiger partial charge on any atom is 0.194 e. The molecule has 6 heteroatoms. The highest BCUT2D eigenvalue weighted by atomic mass is 19.2. The molecule has 1 aromatic heterocycles. The van der Waals surface area contributed by atoms with Gasteiger partial charge in [-0.2, -0.15) is 0 Å². The van der Waals surface area contributed by atoms with E-state index in [2.05, 4.69) is 15.3 Å². The van der Waals surface area contributed by atoms with E-state index in [-0.39, 0.29) is 11.4 Å². The lowest BCUT2D eigenvalue weighted by molar-refractivity contribution is 0.447. The van der Waals surface area contributed by atoms with Crippen LogP contribution in [0.2, 0.25) is 0 Å². The number of nitrogens with zero attached hydrogens (tertiary/aromatic N) is 2. The highest BCUT2D eigenvalue weighted by Gasteiger charge is 2.15. The third-order valence-corrected chi connectivity index (χ3v) is 2.98. The summed E-state index contributed by atoms with van der Waals surface area (Å²) in [5.74, 6) is -3.26. The van der Waals surface area contributed by atoms with Gasteiger partial charge in [-0.05, 0) is 32.9 Å². The SMILES string of the molecule is CCNc1nc(-c2cc(F)c(F)c(F)c2)nc(C)c1C. The molecule has 20 heavy (non-hydrogen) atoms. The van der Waals surface area contributed by atoms with Crippen molar-refractivity contribution in [3.8, 4) is 11.4 Å². The Labute approximate surface area is 114 Å². The summed E-state index contributed by atoms with van der Waals surface area (Å²) in [7, 11) is 0. The standard InChI is InChI=1S/C14H14F3N3/c1-4-18-13-7(2)8(3)19-14(20-13)9-5-10(15)12(17)11(16)6-9/h5-6H,4H2,1-3H3,(H,18,19,20). The van der Waals surface area contributed by atoms with Gasteiger partial charge < -0.3 is 5.32 Å². The Kier molecular flexibility index (Phi) is 3.92. The first-order chi connectivity index (χ1) is 9.43. The molecule has 0 atom stereocenters. The van der Waals surface area contributed by atoms with E-state index in [9.17, 15) is 13.2 Å². The molecule has 3 nitrogen and oxygen atoms in total. The third-order valence-electron chi connectivity index (χ3n) is 2.98. The summed E-state index contributed by atoms with van der Waals surface area (Å²) < 4.78 is 39.5. The van der Waals surface area contributed by atoms with Crippen molar-refractivity contribution in [2.75, 3.05) is 11.9 Å². The fourth-order valence-corrected chi connectivity index (χ4v) is 1.78. The van der Waals surface area contributed by atoms with Gasteiger partial charge in [0.05, 0.1) is 0 Å². The Balaban J connectivity index is 2.58. The molecule has 0 aliphatic heterocycles. The van der Waals surface area contributed by atoms with Crippen LogP contribution in [0.15, 0.2) is 12.1 Å². The molecule has 0 bridgehead atoms. The zero-order valence-corrected chi connectivity index (χ0v) is 11.4. The summed E-state index contributed by atoms with van der Waals surface area (Å²) in [6.07, 6.45) is 0. The van der Waals surface area contributed by atoms with E-state index in [1.54, 1.807) is 6.92 Å². The van der Waals surface area contributed by atoms with Gasteiger partial charge in [0.25, 0.3) is 0 Å². The molecule has 0 aliphatic rings. The number of anilines is 1. The molecular formula is C14H14F3N3. The van der Waals surface area contributed by atoms with Crippen molar-refractivity contribution in [2.24, 2.45) is 0 Å². The lowest BCUT2D eigenvalue weighted by Gasteiger charge is -2.11. The molecular weight excluding hydrogens is 267 g/mol. The summed E-state index contributed by atoms with van der Waals surface area (Å²) in [5, 5.41) is 3.05. The minimum Gasteiger partial charge on any atom is -0.370 e. The number of nitrogens with one attached hydrogen (secondary N) is 1. The highest BCUT2D eigenvalue weighted by Crippen LogP contribution is 2.24. The third kappa shape index (κ3) is 2.59. The fourth-order valence-electron chi connectivity index (χ4n) is 1.78. The zero-order valence-electron chi connectivity index (χ0n) is 11.4. The largest absolute Gasteiger partial charge is 0.370 e. The van der Waals surface area contributed by atoms with Crippen LogP contribution in [0.5, 0.6) is 0 Å². The van der Waals surface area contributed by atoms with Crippen molar-refractivity contribution < 1.29 is 13.2 Å². The smallest absolute Gasteiger partial charge is 0.194 e. The molecule has 0 saturated heterocycles. The fraction of sp³-hybridized carbons (Fsp3) is 0.286. The lowest BCUT2D eigenvalue weighted by atomic mass is 10.1. The summed E-state index contributed by atoms with van der Waals surface area (Å²) in [6, 6.07) is 1.77. The molecule has 0 saturated carbocycles. The molecule has 0 unspecified atom stereocenters. The first-order valence-electron chi connectivity index (χ1n) is 6.18. The number of benzene rings is 1. The molecule has 0 radical (unpaired) electrons. The van der Waals surface area contributed by atoms with E-state index in [1.807, 2.05) is 13.8 Å². The topological polar surface area (TPSA) is 37.8 Å². The van der Waals surface area contributed by atoms with E-state index in [4.69, 9.17) is 0 Å². The number of hydrogen-bond donors (Lipinski definition) is 1. The number of aromatic nitrogens is 2. The van der Waals surface area contributed by atoms with Crippen LogP contribution in [0.1, 0.15) is 18.2 Å². The van der Waals surface area contributed by atoms with Crippen LogP contribution in [0.4, 0.5) is 19.0 Å². The summed E-state index contributed by atoms with van der Waals surface area (Å²) in [5.41, 5.74) is 1.65. The van der Waals surface area contributed by atoms with Crippen LogP contribution in [-0.2, 0) is 0 Å². The van der Waals surface area contributed by atoms with Gasteiger partial charge in [0.15, 0.2) is 23.3 Å². The van der Waals surface area contributed by atoms with Crippen molar-refractivity contribution in [2.45, 2.75) is 20.8 Å². The molecule has 0 aliphatic carbocycles. The second kappa shape index (κ2) is 5.48. The van der Waals surface area contributed by atoms with Crippen molar-refractivity contribution in [1.82, 2.24) is 9.97 Å². The monoisotopic (exact) mass is 281 g/mol. The van der Waals surface area contributed by atoms with Crippen LogP contribution in [0, 0.1) is 31.3 Å². The normalized spacial score (nSPS) is 10.7.